The lowest BCUT2D eigenvalue weighted by Gasteiger charge is -2.30. The van der Waals surface area contributed by atoms with Crippen LogP contribution in [0, 0.1) is 5.92 Å². The van der Waals surface area contributed by atoms with E-state index >= 15 is 0 Å². The van der Waals surface area contributed by atoms with Crippen LogP contribution < -0.4 is 5.32 Å². The van der Waals surface area contributed by atoms with Crippen LogP contribution >= 0.6 is 0 Å². The Morgan fingerprint density at radius 3 is 2.53 bits per heavy atom. The van der Waals surface area contributed by atoms with Crippen molar-refractivity contribution in [2.45, 2.75) is 32.6 Å². The van der Waals surface area contributed by atoms with Gasteiger partial charge in [0.25, 0.3) is 0 Å². The van der Waals surface area contributed by atoms with Crippen molar-refractivity contribution in [2.75, 3.05) is 26.7 Å². The lowest BCUT2D eigenvalue weighted by atomic mass is 9.97. The molecule has 1 rings (SSSR count). The molecule has 0 radical (unpaired) electrons. The summed E-state index contributed by atoms with van der Waals surface area (Å²) in [6, 6.07) is 0. The molecule has 0 aromatic rings. The molecule has 1 heterocycles. The Labute approximate surface area is 102 Å². The number of nitrogens with one attached hydrogen (secondary N) is 1. The number of piperidine rings is 1. The minimum absolute atomic E-state index is 0.128. The smallest absolute Gasteiger partial charge is 0.409 e. The number of ether oxygens (including phenoxy) is 1. The van der Waals surface area contributed by atoms with Crippen molar-refractivity contribution >= 4 is 12.0 Å². The Bertz CT molecular complexity index is 260. The highest BCUT2D eigenvalue weighted by molar-refractivity contribution is 5.75. The van der Waals surface area contributed by atoms with Gasteiger partial charge in [0, 0.05) is 26.1 Å². The van der Waals surface area contributed by atoms with Gasteiger partial charge < -0.3 is 15.0 Å². The van der Waals surface area contributed by atoms with Gasteiger partial charge in [-0.25, -0.2) is 4.79 Å². The van der Waals surface area contributed by atoms with Gasteiger partial charge in [-0.15, -0.1) is 0 Å². The van der Waals surface area contributed by atoms with Gasteiger partial charge in [0.15, 0.2) is 0 Å². The summed E-state index contributed by atoms with van der Waals surface area (Å²) >= 11 is 0. The molecule has 0 aromatic heterocycles. The van der Waals surface area contributed by atoms with Crippen LogP contribution in [-0.4, -0.2) is 43.6 Å². The monoisotopic (exact) mass is 242 g/mol. The molecular weight excluding hydrogens is 220 g/mol. The molecule has 17 heavy (non-hydrogen) atoms. The largest absolute Gasteiger partial charge is 0.453 e. The molecule has 0 aliphatic carbocycles. The van der Waals surface area contributed by atoms with E-state index in [1.807, 2.05) is 6.92 Å². The van der Waals surface area contributed by atoms with Crippen molar-refractivity contribution < 1.29 is 14.3 Å². The molecule has 1 saturated heterocycles. The van der Waals surface area contributed by atoms with E-state index in [4.69, 9.17) is 0 Å². The van der Waals surface area contributed by atoms with Crippen LogP contribution in [0.15, 0.2) is 0 Å². The van der Waals surface area contributed by atoms with E-state index in [1.54, 1.807) is 4.90 Å². The Kier molecular flexibility index (Phi) is 5.80. The average molecular weight is 242 g/mol. The fourth-order valence-electron chi connectivity index (χ4n) is 2.02. The minimum Gasteiger partial charge on any atom is -0.453 e. The zero-order valence-electron chi connectivity index (χ0n) is 10.7. The van der Waals surface area contributed by atoms with Crippen LogP contribution in [0.3, 0.4) is 0 Å². The van der Waals surface area contributed by atoms with Crippen LogP contribution in [0.2, 0.25) is 0 Å². The second-order valence-corrected chi connectivity index (χ2v) is 4.45. The van der Waals surface area contributed by atoms with E-state index in [0.717, 1.165) is 38.9 Å². The lowest BCUT2D eigenvalue weighted by Crippen LogP contribution is -2.41. The Morgan fingerprint density at radius 2 is 2.00 bits per heavy atom. The fraction of sp³-hybridized carbons (Fsp3) is 0.833. The first-order chi connectivity index (χ1) is 8.17. The fourth-order valence-corrected chi connectivity index (χ4v) is 2.02. The first kappa shape index (κ1) is 13.8. The van der Waals surface area contributed by atoms with Gasteiger partial charge in [0.1, 0.15) is 0 Å². The molecule has 1 aliphatic rings. The van der Waals surface area contributed by atoms with E-state index in [-0.39, 0.29) is 12.0 Å². The third-order valence-corrected chi connectivity index (χ3v) is 3.11. The molecule has 2 amide bonds. The third-order valence-electron chi connectivity index (χ3n) is 3.11. The Hall–Kier alpha value is -1.26. The third kappa shape index (κ3) is 4.63. The van der Waals surface area contributed by atoms with Crippen molar-refractivity contribution in [3.8, 4) is 0 Å². The predicted molar refractivity (Wildman–Crippen MR) is 64.6 cm³/mol. The predicted octanol–water partition coefficient (Wildman–Crippen LogP) is 1.38. The maximum atomic E-state index is 11.3. The number of likely N-dealkylation sites (tertiary alicyclic amines) is 1. The van der Waals surface area contributed by atoms with Gasteiger partial charge in [-0.2, -0.15) is 0 Å². The van der Waals surface area contributed by atoms with Crippen molar-refractivity contribution in [1.82, 2.24) is 10.2 Å². The number of hydrogen-bond acceptors (Lipinski definition) is 3. The zero-order valence-corrected chi connectivity index (χ0v) is 10.7. The van der Waals surface area contributed by atoms with E-state index in [2.05, 4.69) is 10.1 Å². The van der Waals surface area contributed by atoms with E-state index in [1.165, 1.54) is 7.11 Å². The number of carbonyl (C=O) groups excluding carboxylic acids is 2. The van der Waals surface area contributed by atoms with Crippen LogP contribution in [0.25, 0.3) is 0 Å². The van der Waals surface area contributed by atoms with Crippen LogP contribution in [0.4, 0.5) is 4.79 Å². The summed E-state index contributed by atoms with van der Waals surface area (Å²) in [6.45, 7) is 4.17. The van der Waals surface area contributed by atoms with Crippen molar-refractivity contribution in [3.05, 3.63) is 0 Å². The van der Waals surface area contributed by atoms with Crippen LogP contribution in [-0.2, 0) is 9.53 Å². The second-order valence-electron chi connectivity index (χ2n) is 4.45. The molecule has 0 atom stereocenters. The highest BCUT2D eigenvalue weighted by Gasteiger charge is 2.23. The van der Waals surface area contributed by atoms with Crippen molar-refractivity contribution in [3.63, 3.8) is 0 Å². The standard InChI is InChI=1S/C12H22N2O3/c1-3-4-11(15)13-9-10-5-7-14(8-6-10)12(16)17-2/h10H,3-9H2,1-2H3,(H,13,15). The zero-order chi connectivity index (χ0) is 12.7. The molecule has 0 aromatic carbocycles. The normalized spacial score (nSPS) is 16.7. The molecule has 0 bridgehead atoms. The lowest BCUT2D eigenvalue weighted by molar-refractivity contribution is -0.121. The maximum absolute atomic E-state index is 11.3. The number of hydrogen-bond donors (Lipinski definition) is 1. The first-order valence-corrected chi connectivity index (χ1v) is 6.27. The summed E-state index contributed by atoms with van der Waals surface area (Å²) in [5, 5.41) is 2.94. The van der Waals surface area contributed by atoms with E-state index in [9.17, 15) is 9.59 Å². The summed E-state index contributed by atoms with van der Waals surface area (Å²) in [5.74, 6) is 0.611. The molecule has 5 nitrogen and oxygen atoms in total. The molecule has 1 fully saturated rings. The highest BCUT2D eigenvalue weighted by atomic mass is 16.5. The number of methoxy groups -OCH3 is 1. The van der Waals surface area contributed by atoms with Gasteiger partial charge in [0.2, 0.25) is 5.91 Å². The van der Waals surface area contributed by atoms with Crippen molar-refractivity contribution in [1.29, 1.82) is 0 Å². The van der Waals surface area contributed by atoms with E-state index < -0.39 is 0 Å². The molecule has 1 aliphatic heterocycles. The average Bonchev–Trinajstić information content (AvgIpc) is 2.36. The molecular formula is C12H22N2O3. The number of carbonyl (C=O) groups is 2. The number of amides is 2. The molecule has 5 heteroatoms. The number of nitrogens with zero attached hydrogens (tertiary/aromatic N) is 1. The second kappa shape index (κ2) is 7.14. The van der Waals surface area contributed by atoms with Gasteiger partial charge in [-0.3, -0.25) is 4.79 Å². The summed E-state index contributed by atoms with van der Waals surface area (Å²) in [4.78, 5) is 24.3. The molecule has 0 saturated carbocycles. The van der Waals surface area contributed by atoms with Crippen LogP contribution in [0.5, 0.6) is 0 Å². The topological polar surface area (TPSA) is 58.6 Å². The van der Waals surface area contributed by atoms with Gasteiger partial charge in [0.05, 0.1) is 7.11 Å². The van der Waals surface area contributed by atoms with E-state index in [0.29, 0.717) is 12.3 Å². The summed E-state index contributed by atoms with van der Waals surface area (Å²) in [6.07, 6.45) is 3.09. The van der Waals surface area contributed by atoms with Gasteiger partial charge >= 0.3 is 6.09 Å². The van der Waals surface area contributed by atoms with Crippen molar-refractivity contribution in [2.24, 2.45) is 5.92 Å². The molecule has 1 N–H and O–H groups in total. The summed E-state index contributed by atoms with van der Waals surface area (Å²) < 4.78 is 4.67. The highest BCUT2D eigenvalue weighted by Crippen LogP contribution is 2.16. The quantitative estimate of drug-likeness (QED) is 0.810. The Morgan fingerprint density at radius 1 is 1.35 bits per heavy atom. The SMILES string of the molecule is CCCC(=O)NCC1CCN(C(=O)OC)CC1. The van der Waals surface area contributed by atoms with Crippen LogP contribution in [0.1, 0.15) is 32.6 Å². The number of rotatable bonds is 4. The summed E-state index contributed by atoms with van der Waals surface area (Å²) in [5.41, 5.74) is 0. The Balaban J connectivity index is 2.19. The molecule has 0 spiro atoms. The maximum Gasteiger partial charge on any atom is 0.409 e. The molecule has 0 unspecified atom stereocenters. The minimum atomic E-state index is -0.251. The first-order valence-electron chi connectivity index (χ1n) is 6.27. The van der Waals surface area contributed by atoms with Gasteiger partial charge in [-0.05, 0) is 25.2 Å². The van der Waals surface area contributed by atoms with Gasteiger partial charge in [-0.1, -0.05) is 6.92 Å². The summed E-state index contributed by atoms with van der Waals surface area (Å²) in [7, 11) is 1.40. The molecule has 98 valence electrons.